The van der Waals surface area contributed by atoms with Gasteiger partial charge >= 0.3 is 0 Å². The molecule has 0 aliphatic carbocycles. The number of benzene rings is 2. The molecule has 0 radical (unpaired) electrons. The molecule has 0 saturated carbocycles. The Bertz CT molecular complexity index is 827. The van der Waals surface area contributed by atoms with Crippen molar-refractivity contribution in [2.45, 2.75) is 25.4 Å². The Labute approximate surface area is 142 Å². The monoisotopic (exact) mass is 369 g/mol. The second kappa shape index (κ2) is 5.77. The Hall–Kier alpha value is -2.21. The van der Waals surface area contributed by atoms with E-state index in [9.17, 15) is 0 Å². The first-order valence-electron chi connectivity index (χ1n) is 7.57. The molecule has 4 rings (SSSR count). The number of anilines is 1. The Kier molecular flexibility index (Phi) is 3.61. The zero-order valence-corrected chi connectivity index (χ0v) is 14.2. The first kappa shape index (κ1) is 14.4. The highest BCUT2D eigenvalue weighted by Crippen LogP contribution is 2.37. The largest absolute Gasteiger partial charge is 0.346 e. The average molecular weight is 370 g/mol. The molecule has 2 aromatic carbocycles. The Morgan fingerprint density at radius 2 is 1.96 bits per heavy atom. The van der Waals surface area contributed by atoms with E-state index in [0.717, 1.165) is 10.9 Å². The van der Waals surface area contributed by atoms with Crippen molar-refractivity contribution >= 4 is 21.9 Å². The number of aryl methyl sites for hydroxylation is 1. The minimum Gasteiger partial charge on any atom is -0.346 e. The molecular weight excluding hydrogens is 354 g/mol. The summed E-state index contributed by atoms with van der Waals surface area (Å²) in [5.74, 6) is 0.715. The molecule has 0 bridgehead atoms. The Morgan fingerprint density at radius 3 is 2.74 bits per heavy atom. The van der Waals surface area contributed by atoms with Crippen LogP contribution in [-0.4, -0.2) is 20.2 Å². The molecule has 1 aliphatic heterocycles. The van der Waals surface area contributed by atoms with Gasteiger partial charge in [0, 0.05) is 4.47 Å². The van der Waals surface area contributed by atoms with Crippen LogP contribution in [0.2, 0.25) is 0 Å². The van der Waals surface area contributed by atoms with Crippen LogP contribution in [-0.2, 0) is 0 Å². The van der Waals surface area contributed by atoms with Crippen molar-refractivity contribution in [1.82, 2.24) is 20.2 Å². The smallest absolute Gasteiger partial charge is 0.243 e. The lowest BCUT2D eigenvalue weighted by Gasteiger charge is -2.31. The molecule has 1 N–H and O–H groups in total. The molecule has 23 heavy (non-hydrogen) atoms. The number of nitrogens with zero attached hydrogens (tertiary/aromatic N) is 4. The van der Waals surface area contributed by atoms with Gasteiger partial charge in [0.2, 0.25) is 5.95 Å². The minimum atomic E-state index is 0.130. The van der Waals surface area contributed by atoms with E-state index in [1.165, 1.54) is 16.7 Å². The molecule has 3 aromatic rings. The average Bonchev–Trinajstić information content (AvgIpc) is 3.03. The first-order valence-corrected chi connectivity index (χ1v) is 8.36. The number of aromatic nitrogens is 4. The highest BCUT2D eigenvalue weighted by Gasteiger charge is 2.30. The van der Waals surface area contributed by atoms with E-state index in [0.29, 0.717) is 5.95 Å². The van der Waals surface area contributed by atoms with Gasteiger partial charge in [0.05, 0.1) is 12.1 Å². The van der Waals surface area contributed by atoms with Gasteiger partial charge in [-0.3, -0.25) is 0 Å². The van der Waals surface area contributed by atoms with Crippen LogP contribution in [0.1, 0.15) is 35.2 Å². The zero-order valence-electron chi connectivity index (χ0n) is 12.6. The van der Waals surface area contributed by atoms with Gasteiger partial charge in [0.15, 0.2) is 0 Å². The number of tetrazole rings is 1. The molecule has 2 atom stereocenters. The molecule has 2 heterocycles. The third kappa shape index (κ3) is 2.74. The van der Waals surface area contributed by atoms with Crippen LogP contribution in [0.25, 0.3) is 0 Å². The van der Waals surface area contributed by atoms with E-state index >= 15 is 0 Å². The molecule has 0 saturated heterocycles. The van der Waals surface area contributed by atoms with Gasteiger partial charge in [0.1, 0.15) is 0 Å². The summed E-state index contributed by atoms with van der Waals surface area (Å²) < 4.78 is 2.95. The van der Waals surface area contributed by atoms with E-state index in [2.05, 4.69) is 86.2 Å². The number of hydrogen-bond acceptors (Lipinski definition) is 4. The van der Waals surface area contributed by atoms with Gasteiger partial charge in [-0.2, -0.15) is 0 Å². The highest BCUT2D eigenvalue weighted by molar-refractivity contribution is 9.10. The van der Waals surface area contributed by atoms with Crippen molar-refractivity contribution in [3.8, 4) is 0 Å². The van der Waals surface area contributed by atoms with Gasteiger partial charge in [-0.1, -0.05) is 63.0 Å². The van der Waals surface area contributed by atoms with Crippen LogP contribution in [0.5, 0.6) is 0 Å². The van der Waals surface area contributed by atoms with Crippen LogP contribution in [0.15, 0.2) is 53.0 Å². The molecule has 0 amide bonds. The fourth-order valence-corrected chi connectivity index (χ4v) is 3.46. The summed E-state index contributed by atoms with van der Waals surface area (Å²) in [6.45, 7) is 2.10. The van der Waals surface area contributed by atoms with Crippen LogP contribution in [0.3, 0.4) is 0 Å². The molecule has 1 aromatic heterocycles. The first-order chi connectivity index (χ1) is 11.2. The minimum absolute atomic E-state index is 0.130. The van der Waals surface area contributed by atoms with Crippen molar-refractivity contribution < 1.29 is 0 Å². The third-order valence-corrected chi connectivity index (χ3v) is 4.76. The van der Waals surface area contributed by atoms with E-state index in [4.69, 9.17) is 0 Å². The molecule has 1 aliphatic rings. The number of hydrogen-bond donors (Lipinski definition) is 1. The number of fused-ring (bicyclic) bond motifs is 1. The van der Waals surface area contributed by atoms with Gasteiger partial charge in [-0.25, -0.2) is 4.68 Å². The molecule has 116 valence electrons. The zero-order chi connectivity index (χ0) is 15.8. The van der Waals surface area contributed by atoms with Crippen molar-refractivity contribution in [3.05, 3.63) is 69.7 Å². The van der Waals surface area contributed by atoms with Crippen molar-refractivity contribution in [3.63, 3.8) is 0 Å². The van der Waals surface area contributed by atoms with Crippen LogP contribution < -0.4 is 5.32 Å². The number of halogens is 1. The van der Waals surface area contributed by atoms with Gasteiger partial charge in [-0.05, 0) is 47.0 Å². The van der Waals surface area contributed by atoms with Gasteiger partial charge in [-0.15, -0.1) is 0 Å². The fourth-order valence-electron chi connectivity index (χ4n) is 3.05. The summed E-state index contributed by atoms with van der Waals surface area (Å²) in [5, 5.41) is 15.6. The second-order valence-electron chi connectivity index (χ2n) is 5.86. The number of nitrogens with one attached hydrogen (secondary N) is 1. The maximum Gasteiger partial charge on any atom is 0.243 e. The maximum absolute atomic E-state index is 4.17. The second-order valence-corrected chi connectivity index (χ2v) is 6.78. The van der Waals surface area contributed by atoms with Crippen molar-refractivity contribution in [2.24, 2.45) is 0 Å². The summed E-state index contributed by atoms with van der Waals surface area (Å²) >= 11 is 3.55. The summed E-state index contributed by atoms with van der Waals surface area (Å²) in [6, 6.07) is 17.3. The predicted octanol–water partition coefficient (Wildman–Crippen LogP) is 3.89. The van der Waals surface area contributed by atoms with Crippen LogP contribution in [0.4, 0.5) is 5.95 Å². The van der Waals surface area contributed by atoms with Crippen LogP contribution in [0, 0.1) is 6.92 Å². The third-order valence-electron chi connectivity index (χ3n) is 4.26. The highest BCUT2D eigenvalue weighted by atomic mass is 79.9. The Balaban J connectivity index is 1.73. The van der Waals surface area contributed by atoms with Crippen molar-refractivity contribution in [2.75, 3.05) is 5.32 Å². The molecule has 0 spiro atoms. The summed E-state index contributed by atoms with van der Waals surface area (Å²) in [5.41, 5.74) is 3.71. The maximum atomic E-state index is 4.17. The lowest BCUT2D eigenvalue weighted by Crippen LogP contribution is -2.28. The van der Waals surface area contributed by atoms with Crippen molar-refractivity contribution in [1.29, 1.82) is 0 Å². The fraction of sp³-hybridized carbons (Fsp3) is 0.235. The predicted molar refractivity (Wildman–Crippen MR) is 92.3 cm³/mol. The molecule has 5 nitrogen and oxygen atoms in total. The summed E-state index contributed by atoms with van der Waals surface area (Å²) in [4.78, 5) is 0. The van der Waals surface area contributed by atoms with E-state index in [1.807, 2.05) is 10.7 Å². The number of rotatable bonds is 2. The van der Waals surface area contributed by atoms with E-state index in [-0.39, 0.29) is 12.1 Å². The molecule has 0 fully saturated rings. The lowest BCUT2D eigenvalue weighted by atomic mass is 9.93. The quantitative estimate of drug-likeness (QED) is 0.744. The van der Waals surface area contributed by atoms with E-state index < -0.39 is 0 Å². The summed E-state index contributed by atoms with van der Waals surface area (Å²) in [6.07, 6.45) is 0.900. The van der Waals surface area contributed by atoms with E-state index in [1.54, 1.807) is 0 Å². The SMILES string of the molecule is Cc1ccc([C@@H]2C[C@@H](c3cccc(Br)c3)Nc3nnnn32)cc1. The molecule has 0 unspecified atom stereocenters. The topological polar surface area (TPSA) is 55.6 Å². The Morgan fingerprint density at radius 1 is 1.13 bits per heavy atom. The van der Waals surface area contributed by atoms with Gasteiger partial charge in [0.25, 0.3) is 0 Å². The molecular formula is C17H16BrN5. The lowest BCUT2D eigenvalue weighted by molar-refractivity contribution is 0.423. The standard InChI is InChI=1S/C17H16BrN5/c1-11-5-7-12(8-6-11)16-10-15(13-3-2-4-14(18)9-13)19-17-20-21-22-23(16)17/h2-9,15-16H,10H2,1H3,(H,19,20,22)/t15-,16-/m0/s1. The normalized spacial score (nSPS) is 19.9. The van der Waals surface area contributed by atoms with Crippen LogP contribution >= 0.6 is 15.9 Å². The molecule has 6 heteroatoms. The van der Waals surface area contributed by atoms with Gasteiger partial charge < -0.3 is 5.32 Å². The summed E-state index contributed by atoms with van der Waals surface area (Å²) in [7, 11) is 0.